The lowest BCUT2D eigenvalue weighted by atomic mass is 9.78. The average molecular weight is 455 g/mol. The molecular formula is C26H31ClN2O3. The van der Waals surface area contributed by atoms with Crippen LogP contribution in [0.15, 0.2) is 42.5 Å². The first-order chi connectivity index (χ1) is 15.2. The molecule has 1 unspecified atom stereocenters. The lowest BCUT2D eigenvalue weighted by Gasteiger charge is -2.36. The van der Waals surface area contributed by atoms with E-state index in [1.807, 2.05) is 24.3 Å². The van der Waals surface area contributed by atoms with Gasteiger partial charge < -0.3 is 14.7 Å². The Hall–Kier alpha value is -2.53. The lowest BCUT2D eigenvalue weighted by molar-refractivity contribution is 0.0978. The van der Waals surface area contributed by atoms with Crippen molar-refractivity contribution in [1.82, 2.24) is 9.88 Å². The molecule has 2 aromatic rings. The molecule has 0 bridgehead atoms. The highest BCUT2D eigenvalue weighted by atomic mass is 35.5. The highest BCUT2D eigenvalue weighted by molar-refractivity contribution is 6.30. The number of likely N-dealkylation sites (tertiary alicyclic amines) is 1. The Morgan fingerprint density at radius 1 is 1.16 bits per heavy atom. The Kier molecular flexibility index (Phi) is 6.22. The van der Waals surface area contributed by atoms with Crippen molar-refractivity contribution < 1.29 is 14.6 Å². The van der Waals surface area contributed by atoms with E-state index in [0.717, 1.165) is 28.8 Å². The second-order valence-electron chi connectivity index (χ2n) is 9.90. The third kappa shape index (κ3) is 4.63. The van der Waals surface area contributed by atoms with Crippen LogP contribution in [0.4, 0.5) is 4.79 Å². The van der Waals surface area contributed by atoms with Gasteiger partial charge in [0.15, 0.2) is 0 Å². The van der Waals surface area contributed by atoms with E-state index in [0.29, 0.717) is 23.4 Å². The van der Waals surface area contributed by atoms with Gasteiger partial charge in [-0.3, -0.25) is 0 Å². The number of hydrogen-bond acceptors (Lipinski definition) is 3. The molecule has 170 valence electrons. The van der Waals surface area contributed by atoms with Crippen LogP contribution in [0.1, 0.15) is 62.8 Å². The fourth-order valence-electron chi connectivity index (χ4n) is 4.96. The number of methoxy groups -OCH3 is 1. The first kappa shape index (κ1) is 22.7. The number of carbonyl (C=O) groups is 1. The zero-order chi connectivity index (χ0) is 23.0. The zero-order valence-corrected chi connectivity index (χ0v) is 19.9. The van der Waals surface area contributed by atoms with Crippen molar-refractivity contribution in [2.75, 3.05) is 13.7 Å². The number of amides is 1. The molecule has 0 spiro atoms. The second-order valence-corrected chi connectivity index (χ2v) is 10.3. The summed E-state index contributed by atoms with van der Waals surface area (Å²) in [6, 6.07) is 11.8. The Balaban J connectivity index is 1.80. The fraction of sp³-hybridized carbons (Fsp3) is 0.462. The average Bonchev–Trinajstić information content (AvgIpc) is 3.49. The molecule has 2 fully saturated rings. The molecule has 2 aliphatic rings. The fourth-order valence-corrected chi connectivity index (χ4v) is 5.08. The molecule has 0 radical (unpaired) electrons. The van der Waals surface area contributed by atoms with Crippen molar-refractivity contribution in [2.24, 2.45) is 11.3 Å². The molecule has 1 amide bonds. The number of hydrogen-bond donors (Lipinski definition) is 1. The zero-order valence-electron chi connectivity index (χ0n) is 19.1. The summed E-state index contributed by atoms with van der Waals surface area (Å²) in [6.45, 7) is 6.85. The molecule has 2 atom stereocenters. The third-order valence-corrected chi connectivity index (χ3v) is 6.74. The van der Waals surface area contributed by atoms with Crippen molar-refractivity contribution in [3.63, 3.8) is 0 Å². The van der Waals surface area contributed by atoms with Crippen LogP contribution in [0, 0.1) is 11.3 Å². The molecule has 32 heavy (non-hydrogen) atoms. The van der Waals surface area contributed by atoms with Gasteiger partial charge in [0.25, 0.3) is 0 Å². The van der Waals surface area contributed by atoms with Crippen LogP contribution >= 0.6 is 11.6 Å². The SMILES string of the molecule is COc1nc(C(=C[C@H]2CCN(C(=O)O)C2C(C)(C)C)c2ccc(Cl)cc2)ccc1C1CC1. The van der Waals surface area contributed by atoms with Crippen molar-refractivity contribution in [3.05, 3.63) is 64.3 Å². The van der Waals surface area contributed by atoms with Crippen molar-refractivity contribution >= 4 is 23.3 Å². The third-order valence-electron chi connectivity index (χ3n) is 6.49. The summed E-state index contributed by atoms with van der Waals surface area (Å²) in [5.41, 5.74) is 3.79. The van der Waals surface area contributed by atoms with E-state index in [9.17, 15) is 9.90 Å². The van der Waals surface area contributed by atoms with E-state index < -0.39 is 6.09 Å². The smallest absolute Gasteiger partial charge is 0.407 e. The van der Waals surface area contributed by atoms with Crippen molar-refractivity contribution in [2.45, 2.75) is 52.0 Å². The number of halogens is 1. The lowest BCUT2D eigenvalue weighted by Crippen LogP contribution is -2.45. The van der Waals surface area contributed by atoms with Gasteiger partial charge in [-0.2, -0.15) is 0 Å². The van der Waals surface area contributed by atoms with Gasteiger partial charge in [0, 0.05) is 34.7 Å². The van der Waals surface area contributed by atoms with Gasteiger partial charge in [-0.05, 0) is 54.4 Å². The number of ether oxygens (including phenoxy) is 1. The summed E-state index contributed by atoms with van der Waals surface area (Å²) in [4.78, 5) is 18.4. The predicted octanol–water partition coefficient (Wildman–Crippen LogP) is 6.47. The number of nitrogens with zero attached hydrogens (tertiary/aromatic N) is 2. The highest BCUT2D eigenvalue weighted by Crippen LogP contribution is 2.45. The number of pyridine rings is 1. The summed E-state index contributed by atoms with van der Waals surface area (Å²) in [6.07, 6.45) is 4.49. The monoisotopic (exact) mass is 454 g/mol. The summed E-state index contributed by atoms with van der Waals surface area (Å²) in [5.74, 6) is 1.29. The normalized spacial score (nSPS) is 21.7. The quantitative estimate of drug-likeness (QED) is 0.562. The van der Waals surface area contributed by atoms with Crippen LogP contribution in [0.3, 0.4) is 0 Å². The largest absolute Gasteiger partial charge is 0.481 e. The molecular weight excluding hydrogens is 424 g/mol. The van der Waals surface area contributed by atoms with E-state index in [2.05, 4.69) is 39.0 Å². The van der Waals surface area contributed by atoms with Gasteiger partial charge in [-0.1, -0.05) is 56.6 Å². The van der Waals surface area contributed by atoms with Gasteiger partial charge in [0.2, 0.25) is 5.88 Å². The van der Waals surface area contributed by atoms with Crippen LogP contribution in [-0.4, -0.2) is 40.8 Å². The molecule has 6 heteroatoms. The minimum Gasteiger partial charge on any atom is -0.481 e. The topological polar surface area (TPSA) is 62.7 Å². The minimum absolute atomic E-state index is 0.0766. The van der Waals surface area contributed by atoms with E-state index >= 15 is 0 Å². The Morgan fingerprint density at radius 2 is 1.84 bits per heavy atom. The first-order valence-corrected chi connectivity index (χ1v) is 11.6. The Labute approximate surface area is 195 Å². The van der Waals surface area contributed by atoms with Gasteiger partial charge in [-0.15, -0.1) is 0 Å². The predicted molar refractivity (Wildman–Crippen MR) is 127 cm³/mol. The number of rotatable bonds is 5. The maximum atomic E-state index is 11.9. The van der Waals surface area contributed by atoms with Crippen LogP contribution in [0.25, 0.3) is 5.57 Å². The minimum atomic E-state index is -0.859. The maximum absolute atomic E-state index is 11.9. The van der Waals surface area contributed by atoms with Crippen LogP contribution in [0.5, 0.6) is 5.88 Å². The second kappa shape index (κ2) is 8.78. The summed E-state index contributed by atoms with van der Waals surface area (Å²) >= 11 is 6.15. The number of aromatic nitrogens is 1. The molecule has 1 saturated heterocycles. The molecule has 4 rings (SSSR count). The number of benzene rings is 1. The Morgan fingerprint density at radius 3 is 2.41 bits per heavy atom. The molecule has 1 aromatic carbocycles. The highest BCUT2D eigenvalue weighted by Gasteiger charge is 2.43. The van der Waals surface area contributed by atoms with Crippen LogP contribution < -0.4 is 4.74 Å². The van der Waals surface area contributed by atoms with Gasteiger partial charge in [0.05, 0.1) is 12.8 Å². The van der Waals surface area contributed by atoms with Gasteiger partial charge in [-0.25, -0.2) is 9.78 Å². The molecule has 5 nitrogen and oxygen atoms in total. The van der Waals surface area contributed by atoms with Crippen LogP contribution in [0.2, 0.25) is 5.02 Å². The summed E-state index contributed by atoms with van der Waals surface area (Å²) in [7, 11) is 1.67. The summed E-state index contributed by atoms with van der Waals surface area (Å²) in [5, 5.41) is 10.5. The molecule has 1 aliphatic heterocycles. The van der Waals surface area contributed by atoms with Crippen molar-refractivity contribution in [3.8, 4) is 5.88 Å². The molecule has 1 aliphatic carbocycles. The Bertz CT molecular complexity index is 1020. The maximum Gasteiger partial charge on any atom is 0.407 e. The first-order valence-electron chi connectivity index (χ1n) is 11.2. The van der Waals surface area contributed by atoms with Gasteiger partial charge >= 0.3 is 6.09 Å². The van der Waals surface area contributed by atoms with E-state index in [4.69, 9.17) is 21.3 Å². The van der Waals surface area contributed by atoms with E-state index in [1.54, 1.807) is 12.0 Å². The van der Waals surface area contributed by atoms with E-state index in [1.165, 1.54) is 12.8 Å². The van der Waals surface area contributed by atoms with E-state index in [-0.39, 0.29) is 17.4 Å². The molecule has 1 saturated carbocycles. The standard InChI is InChI=1S/C26H31ClN2O3/c1-26(2,3)23-18(13-14-29(23)25(30)31)15-21(17-7-9-19(27)10-8-17)22-12-11-20(16-5-6-16)24(28-22)32-4/h7-12,15-16,18,23H,5-6,13-14H2,1-4H3,(H,30,31)/t18-,23?/m1/s1. The molecule has 1 aromatic heterocycles. The van der Waals surface area contributed by atoms with Crippen LogP contribution in [-0.2, 0) is 0 Å². The van der Waals surface area contributed by atoms with Gasteiger partial charge in [0.1, 0.15) is 0 Å². The molecule has 2 heterocycles. The number of carboxylic acid groups (broad SMARTS) is 1. The van der Waals surface area contributed by atoms with Crippen molar-refractivity contribution in [1.29, 1.82) is 0 Å². The molecule has 1 N–H and O–H groups in total. The summed E-state index contributed by atoms with van der Waals surface area (Å²) < 4.78 is 5.64.